The predicted molar refractivity (Wildman–Crippen MR) is 70.6 cm³/mol. The van der Waals surface area contributed by atoms with Crippen LogP contribution in [0.15, 0.2) is 34.9 Å². The van der Waals surface area contributed by atoms with E-state index < -0.39 is 0 Å². The number of rotatable bonds is 5. The van der Waals surface area contributed by atoms with E-state index in [4.69, 9.17) is 14.9 Å². The SMILES string of the molecule is CCN(Cc1ccco1)c1nc(OC)ccc1N. The van der Waals surface area contributed by atoms with Crippen molar-refractivity contribution in [3.8, 4) is 5.88 Å². The van der Waals surface area contributed by atoms with E-state index in [0.29, 0.717) is 23.9 Å². The van der Waals surface area contributed by atoms with Gasteiger partial charge in [-0.15, -0.1) is 0 Å². The van der Waals surface area contributed by atoms with Crippen molar-refractivity contribution in [1.29, 1.82) is 0 Å². The minimum absolute atomic E-state index is 0.553. The van der Waals surface area contributed by atoms with Crippen LogP contribution in [0.5, 0.6) is 5.88 Å². The molecular formula is C13H17N3O2. The van der Waals surface area contributed by atoms with Crippen LogP contribution in [0.4, 0.5) is 11.5 Å². The van der Waals surface area contributed by atoms with Gasteiger partial charge in [0.2, 0.25) is 5.88 Å². The summed E-state index contributed by atoms with van der Waals surface area (Å²) in [6, 6.07) is 7.34. The molecule has 2 aromatic rings. The van der Waals surface area contributed by atoms with Crippen LogP contribution in [0.25, 0.3) is 0 Å². The highest BCUT2D eigenvalue weighted by Gasteiger charge is 2.13. The highest BCUT2D eigenvalue weighted by atomic mass is 16.5. The fourth-order valence-electron chi connectivity index (χ4n) is 1.74. The third-order valence-electron chi connectivity index (χ3n) is 2.70. The molecule has 0 aromatic carbocycles. The van der Waals surface area contributed by atoms with Crippen molar-refractivity contribution in [3.63, 3.8) is 0 Å². The van der Waals surface area contributed by atoms with Crippen LogP contribution >= 0.6 is 0 Å². The number of methoxy groups -OCH3 is 1. The zero-order chi connectivity index (χ0) is 13.0. The summed E-state index contributed by atoms with van der Waals surface area (Å²) in [6.45, 7) is 3.46. The van der Waals surface area contributed by atoms with E-state index in [0.717, 1.165) is 12.3 Å². The van der Waals surface area contributed by atoms with E-state index in [1.165, 1.54) is 0 Å². The van der Waals surface area contributed by atoms with Gasteiger partial charge in [-0.1, -0.05) is 0 Å². The number of ether oxygens (including phenoxy) is 1. The first-order valence-electron chi connectivity index (χ1n) is 5.82. The van der Waals surface area contributed by atoms with Crippen molar-refractivity contribution in [2.45, 2.75) is 13.5 Å². The zero-order valence-corrected chi connectivity index (χ0v) is 10.6. The second-order valence-electron chi connectivity index (χ2n) is 3.86. The molecule has 0 saturated heterocycles. The van der Waals surface area contributed by atoms with Crippen molar-refractivity contribution >= 4 is 11.5 Å². The lowest BCUT2D eigenvalue weighted by Gasteiger charge is -2.22. The number of hydrogen-bond acceptors (Lipinski definition) is 5. The summed E-state index contributed by atoms with van der Waals surface area (Å²) in [5, 5.41) is 0. The summed E-state index contributed by atoms with van der Waals surface area (Å²) in [5.41, 5.74) is 6.59. The Morgan fingerprint density at radius 2 is 2.22 bits per heavy atom. The highest BCUT2D eigenvalue weighted by Crippen LogP contribution is 2.25. The first-order valence-corrected chi connectivity index (χ1v) is 5.82. The minimum Gasteiger partial charge on any atom is -0.481 e. The molecule has 5 nitrogen and oxygen atoms in total. The van der Waals surface area contributed by atoms with Gasteiger partial charge < -0.3 is 19.8 Å². The van der Waals surface area contributed by atoms with Crippen LogP contribution in [0, 0.1) is 0 Å². The molecule has 2 heterocycles. The Bertz CT molecular complexity index is 497. The quantitative estimate of drug-likeness (QED) is 0.878. The molecule has 0 bridgehead atoms. The molecule has 2 rings (SSSR count). The van der Waals surface area contributed by atoms with E-state index in [2.05, 4.69) is 4.98 Å². The standard InChI is InChI=1S/C13H17N3O2/c1-3-16(9-10-5-4-8-18-10)13-11(14)6-7-12(15-13)17-2/h4-8H,3,9,14H2,1-2H3. The van der Waals surface area contributed by atoms with E-state index in [9.17, 15) is 0 Å². The van der Waals surface area contributed by atoms with E-state index in [1.54, 1.807) is 25.5 Å². The molecule has 0 saturated carbocycles. The molecule has 2 aromatic heterocycles. The van der Waals surface area contributed by atoms with Crippen molar-refractivity contribution in [2.24, 2.45) is 0 Å². The number of hydrogen-bond donors (Lipinski definition) is 1. The van der Waals surface area contributed by atoms with Crippen molar-refractivity contribution in [2.75, 3.05) is 24.3 Å². The average Bonchev–Trinajstić information content (AvgIpc) is 2.90. The Labute approximate surface area is 106 Å². The van der Waals surface area contributed by atoms with Gasteiger partial charge in [-0.2, -0.15) is 4.98 Å². The number of pyridine rings is 1. The summed E-state index contributed by atoms with van der Waals surface area (Å²) in [4.78, 5) is 6.42. The summed E-state index contributed by atoms with van der Waals surface area (Å²) < 4.78 is 10.5. The van der Waals surface area contributed by atoms with Gasteiger partial charge >= 0.3 is 0 Å². The van der Waals surface area contributed by atoms with Gasteiger partial charge in [0.15, 0.2) is 5.82 Å². The monoisotopic (exact) mass is 247 g/mol. The summed E-state index contributed by atoms with van der Waals surface area (Å²) >= 11 is 0. The van der Waals surface area contributed by atoms with Crippen LogP contribution in [-0.2, 0) is 6.54 Å². The Kier molecular flexibility index (Phi) is 3.72. The number of nitrogen functional groups attached to an aromatic ring is 1. The normalized spacial score (nSPS) is 10.3. The molecule has 0 fully saturated rings. The lowest BCUT2D eigenvalue weighted by atomic mass is 10.3. The molecule has 96 valence electrons. The van der Waals surface area contributed by atoms with Crippen LogP contribution in [0.1, 0.15) is 12.7 Å². The van der Waals surface area contributed by atoms with Crippen molar-refractivity contribution in [3.05, 3.63) is 36.3 Å². The van der Waals surface area contributed by atoms with Crippen LogP contribution in [0.3, 0.4) is 0 Å². The van der Waals surface area contributed by atoms with E-state index >= 15 is 0 Å². The lowest BCUT2D eigenvalue weighted by Crippen LogP contribution is -2.24. The molecule has 2 N–H and O–H groups in total. The maximum atomic E-state index is 5.96. The first-order chi connectivity index (χ1) is 8.74. The first kappa shape index (κ1) is 12.3. The van der Waals surface area contributed by atoms with Gasteiger partial charge in [0, 0.05) is 12.6 Å². The largest absolute Gasteiger partial charge is 0.481 e. The molecule has 0 aliphatic rings. The second kappa shape index (κ2) is 5.44. The molecular weight excluding hydrogens is 230 g/mol. The third-order valence-corrected chi connectivity index (χ3v) is 2.70. The molecule has 0 spiro atoms. The number of aromatic nitrogens is 1. The van der Waals surface area contributed by atoms with Gasteiger partial charge in [-0.05, 0) is 25.1 Å². The Morgan fingerprint density at radius 3 is 2.83 bits per heavy atom. The molecule has 0 atom stereocenters. The van der Waals surface area contributed by atoms with Crippen molar-refractivity contribution < 1.29 is 9.15 Å². The van der Waals surface area contributed by atoms with Gasteiger partial charge in [0.25, 0.3) is 0 Å². The fourth-order valence-corrected chi connectivity index (χ4v) is 1.74. The van der Waals surface area contributed by atoms with Crippen LogP contribution < -0.4 is 15.4 Å². The molecule has 0 aliphatic carbocycles. The summed E-state index contributed by atoms with van der Waals surface area (Å²) in [5.74, 6) is 2.14. The molecule has 0 unspecified atom stereocenters. The topological polar surface area (TPSA) is 64.5 Å². The van der Waals surface area contributed by atoms with Gasteiger partial charge in [0.05, 0.1) is 25.6 Å². The van der Waals surface area contributed by atoms with Gasteiger partial charge in [-0.25, -0.2) is 0 Å². The van der Waals surface area contributed by atoms with Crippen LogP contribution in [0.2, 0.25) is 0 Å². The number of nitrogens with two attached hydrogens (primary N) is 1. The van der Waals surface area contributed by atoms with Gasteiger partial charge in [-0.3, -0.25) is 0 Å². The van der Waals surface area contributed by atoms with Crippen LogP contribution in [-0.4, -0.2) is 18.6 Å². The molecule has 0 radical (unpaired) electrons. The number of anilines is 2. The Balaban J connectivity index is 2.26. The molecule has 0 amide bonds. The van der Waals surface area contributed by atoms with E-state index in [-0.39, 0.29) is 0 Å². The lowest BCUT2D eigenvalue weighted by molar-refractivity contribution is 0.397. The third kappa shape index (κ3) is 2.56. The molecule has 0 aliphatic heterocycles. The zero-order valence-electron chi connectivity index (χ0n) is 10.6. The predicted octanol–water partition coefficient (Wildman–Crippen LogP) is 2.29. The highest BCUT2D eigenvalue weighted by molar-refractivity contribution is 5.63. The van der Waals surface area contributed by atoms with Crippen molar-refractivity contribution in [1.82, 2.24) is 4.98 Å². The second-order valence-corrected chi connectivity index (χ2v) is 3.86. The Morgan fingerprint density at radius 1 is 1.39 bits per heavy atom. The van der Waals surface area contributed by atoms with E-state index in [1.807, 2.05) is 24.0 Å². The fraction of sp³-hybridized carbons (Fsp3) is 0.308. The number of nitrogens with zero attached hydrogens (tertiary/aromatic N) is 2. The average molecular weight is 247 g/mol. The molecule has 18 heavy (non-hydrogen) atoms. The van der Waals surface area contributed by atoms with Gasteiger partial charge in [0.1, 0.15) is 5.76 Å². The summed E-state index contributed by atoms with van der Waals surface area (Å²) in [7, 11) is 1.59. The number of furan rings is 1. The Hall–Kier alpha value is -2.17. The minimum atomic E-state index is 0.553. The maximum absolute atomic E-state index is 5.96. The maximum Gasteiger partial charge on any atom is 0.215 e. The summed E-state index contributed by atoms with van der Waals surface area (Å²) in [6.07, 6.45) is 1.66. The smallest absolute Gasteiger partial charge is 0.215 e. The molecule has 5 heteroatoms.